The summed E-state index contributed by atoms with van der Waals surface area (Å²) in [5.74, 6) is -1.06. The van der Waals surface area contributed by atoms with E-state index in [-0.39, 0.29) is 28.6 Å². The van der Waals surface area contributed by atoms with E-state index in [1.54, 1.807) is 30.3 Å². The Morgan fingerprint density at radius 1 is 0.941 bits per heavy atom. The van der Waals surface area contributed by atoms with Crippen LogP contribution in [-0.2, 0) is 14.8 Å². The first-order valence-corrected chi connectivity index (χ1v) is 11.7. The van der Waals surface area contributed by atoms with E-state index in [1.165, 1.54) is 19.2 Å². The molecule has 0 radical (unpaired) electrons. The lowest BCUT2D eigenvalue weighted by Crippen LogP contribution is -2.33. The Bertz CT molecular complexity index is 1320. The number of sulfonamides is 1. The van der Waals surface area contributed by atoms with Crippen LogP contribution in [0.3, 0.4) is 0 Å². The molecule has 0 saturated heterocycles. The molecule has 0 aromatic heterocycles. The highest BCUT2D eigenvalue weighted by Gasteiger charge is 2.19. The molecule has 3 aromatic rings. The van der Waals surface area contributed by atoms with Crippen LogP contribution in [0.15, 0.2) is 65.6 Å². The standard InChI is InChI=1S/C24H25N3O6S/c1-15-10-16(2)12-17(11-15)24(30)25-14-23(29)26-20-13-18(8-9-21(20)28)34(31,32)27-19-6-4-5-7-22(19)33-3/h4-13,27-28H,14H2,1-3H3,(H,25,30)(H,26,29). The molecule has 10 heteroatoms. The highest BCUT2D eigenvalue weighted by atomic mass is 32.2. The predicted octanol–water partition coefficient (Wildman–Crippen LogP) is 3.19. The van der Waals surface area contributed by atoms with E-state index in [2.05, 4.69) is 15.4 Å². The van der Waals surface area contributed by atoms with Crippen molar-refractivity contribution >= 4 is 33.2 Å². The van der Waals surface area contributed by atoms with Crippen molar-refractivity contribution < 1.29 is 27.9 Å². The number of ether oxygens (including phenoxy) is 1. The molecular formula is C24H25N3O6S. The minimum absolute atomic E-state index is 0.117. The summed E-state index contributed by atoms with van der Waals surface area (Å²) in [4.78, 5) is 24.5. The van der Waals surface area contributed by atoms with Crippen LogP contribution in [0.25, 0.3) is 0 Å². The van der Waals surface area contributed by atoms with Gasteiger partial charge in [0.1, 0.15) is 11.5 Å². The van der Waals surface area contributed by atoms with E-state index >= 15 is 0 Å². The number of hydrogen-bond acceptors (Lipinski definition) is 6. The number of phenolic OH excluding ortho intramolecular Hbond substituents is 1. The lowest BCUT2D eigenvalue weighted by molar-refractivity contribution is -0.115. The number of aryl methyl sites for hydroxylation is 2. The molecule has 0 spiro atoms. The first-order chi connectivity index (χ1) is 16.1. The van der Waals surface area contributed by atoms with Gasteiger partial charge in [0.05, 0.1) is 29.9 Å². The minimum atomic E-state index is -4.05. The van der Waals surface area contributed by atoms with E-state index in [4.69, 9.17) is 4.74 Å². The molecule has 0 bridgehead atoms. The summed E-state index contributed by atoms with van der Waals surface area (Å²) >= 11 is 0. The average Bonchev–Trinajstić information content (AvgIpc) is 2.78. The van der Waals surface area contributed by atoms with E-state index in [0.29, 0.717) is 11.3 Å². The monoisotopic (exact) mass is 483 g/mol. The third-order valence-electron chi connectivity index (χ3n) is 4.80. The molecule has 2 amide bonds. The van der Waals surface area contributed by atoms with Crippen LogP contribution in [0.5, 0.6) is 11.5 Å². The fraction of sp³-hybridized carbons (Fsp3) is 0.167. The van der Waals surface area contributed by atoms with Gasteiger partial charge in [-0.05, 0) is 56.3 Å². The Hall–Kier alpha value is -4.05. The highest BCUT2D eigenvalue weighted by Crippen LogP contribution is 2.30. The SMILES string of the molecule is COc1ccccc1NS(=O)(=O)c1ccc(O)c(NC(=O)CNC(=O)c2cc(C)cc(C)c2)c1. The molecule has 34 heavy (non-hydrogen) atoms. The highest BCUT2D eigenvalue weighted by molar-refractivity contribution is 7.92. The molecule has 0 fully saturated rings. The summed E-state index contributed by atoms with van der Waals surface area (Å²) < 4.78 is 33.2. The number of carbonyl (C=O) groups is 2. The lowest BCUT2D eigenvalue weighted by atomic mass is 10.1. The first-order valence-electron chi connectivity index (χ1n) is 10.2. The third kappa shape index (κ3) is 6.04. The number of nitrogens with one attached hydrogen (secondary N) is 3. The molecule has 0 aliphatic carbocycles. The number of para-hydroxylation sites is 2. The van der Waals surface area contributed by atoms with Gasteiger partial charge in [-0.1, -0.05) is 29.3 Å². The molecule has 9 nitrogen and oxygen atoms in total. The van der Waals surface area contributed by atoms with Crippen LogP contribution in [-0.4, -0.2) is 39.0 Å². The van der Waals surface area contributed by atoms with Crippen molar-refractivity contribution in [3.63, 3.8) is 0 Å². The van der Waals surface area contributed by atoms with Gasteiger partial charge in [-0.25, -0.2) is 8.42 Å². The van der Waals surface area contributed by atoms with Gasteiger partial charge >= 0.3 is 0 Å². The lowest BCUT2D eigenvalue weighted by Gasteiger charge is -2.13. The van der Waals surface area contributed by atoms with Gasteiger partial charge in [0.15, 0.2) is 0 Å². The summed E-state index contributed by atoms with van der Waals surface area (Å²) in [6.07, 6.45) is 0. The summed E-state index contributed by atoms with van der Waals surface area (Å²) in [7, 11) is -2.64. The largest absolute Gasteiger partial charge is 0.506 e. The normalized spacial score (nSPS) is 10.9. The van der Waals surface area contributed by atoms with E-state index < -0.39 is 21.8 Å². The van der Waals surface area contributed by atoms with Crippen molar-refractivity contribution in [1.29, 1.82) is 0 Å². The topological polar surface area (TPSA) is 134 Å². The molecule has 178 valence electrons. The molecule has 0 unspecified atom stereocenters. The summed E-state index contributed by atoms with van der Waals surface area (Å²) in [5.41, 5.74) is 2.37. The van der Waals surface area contributed by atoms with Gasteiger partial charge in [0.2, 0.25) is 5.91 Å². The average molecular weight is 484 g/mol. The molecule has 4 N–H and O–H groups in total. The Balaban J connectivity index is 1.70. The van der Waals surface area contributed by atoms with Crippen molar-refractivity contribution in [2.45, 2.75) is 18.7 Å². The maximum absolute atomic E-state index is 12.8. The van der Waals surface area contributed by atoms with Crippen LogP contribution < -0.4 is 20.1 Å². The zero-order valence-corrected chi connectivity index (χ0v) is 19.7. The van der Waals surface area contributed by atoms with Crippen molar-refractivity contribution in [3.05, 3.63) is 77.4 Å². The number of hydrogen-bond donors (Lipinski definition) is 4. The molecular weight excluding hydrogens is 458 g/mol. The van der Waals surface area contributed by atoms with Crippen LogP contribution in [0, 0.1) is 13.8 Å². The first kappa shape index (κ1) is 24.6. The second kappa shape index (κ2) is 10.3. The number of amides is 2. The van der Waals surface area contributed by atoms with Gasteiger partial charge < -0.3 is 20.5 Å². The minimum Gasteiger partial charge on any atom is -0.506 e. The Kier molecular flexibility index (Phi) is 7.42. The second-order valence-electron chi connectivity index (χ2n) is 7.59. The number of rotatable bonds is 8. The molecule has 0 aliphatic heterocycles. The summed E-state index contributed by atoms with van der Waals surface area (Å²) in [6.45, 7) is 3.35. The van der Waals surface area contributed by atoms with Crippen molar-refractivity contribution in [2.75, 3.05) is 23.7 Å². The quantitative estimate of drug-likeness (QED) is 0.364. The molecule has 0 aliphatic rings. The van der Waals surface area contributed by atoms with E-state index in [1.807, 2.05) is 19.9 Å². The van der Waals surface area contributed by atoms with Crippen LogP contribution >= 0.6 is 0 Å². The smallest absolute Gasteiger partial charge is 0.262 e. The van der Waals surface area contributed by atoms with Gasteiger partial charge in [-0.2, -0.15) is 0 Å². The molecule has 0 atom stereocenters. The number of anilines is 2. The van der Waals surface area contributed by atoms with E-state index in [0.717, 1.165) is 23.3 Å². The van der Waals surface area contributed by atoms with Crippen molar-refractivity contribution in [1.82, 2.24) is 5.32 Å². The number of methoxy groups -OCH3 is 1. The van der Waals surface area contributed by atoms with Crippen LogP contribution in [0.1, 0.15) is 21.5 Å². The second-order valence-corrected chi connectivity index (χ2v) is 9.27. The van der Waals surface area contributed by atoms with Crippen molar-refractivity contribution in [3.8, 4) is 11.5 Å². The van der Waals surface area contributed by atoms with E-state index in [9.17, 15) is 23.1 Å². The number of benzene rings is 3. The van der Waals surface area contributed by atoms with Gasteiger partial charge in [0.25, 0.3) is 15.9 Å². The Labute approximate surface area is 197 Å². The number of phenols is 1. The Morgan fingerprint density at radius 3 is 2.29 bits per heavy atom. The Morgan fingerprint density at radius 2 is 1.62 bits per heavy atom. The predicted molar refractivity (Wildman–Crippen MR) is 129 cm³/mol. The van der Waals surface area contributed by atoms with Crippen LogP contribution in [0.2, 0.25) is 0 Å². The maximum atomic E-state index is 12.8. The third-order valence-corrected chi connectivity index (χ3v) is 6.16. The fourth-order valence-corrected chi connectivity index (χ4v) is 4.37. The summed E-state index contributed by atoms with van der Waals surface area (Å²) in [5, 5.41) is 15.0. The van der Waals surface area contributed by atoms with Gasteiger partial charge in [0, 0.05) is 5.56 Å². The molecule has 0 heterocycles. The number of aromatic hydroxyl groups is 1. The zero-order chi connectivity index (χ0) is 24.9. The maximum Gasteiger partial charge on any atom is 0.262 e. The van der Waals surface area contributed by atoms with Crippen molar-refractivity contribution in [2.24, 2.45) is 0 Å². The molecule has 3 aromatic carbocycles. The number of carbonyl (C=O) groups excluding carboxylic acids is 2. The van der Waals surface area contributed by atoms with Gasteiger partial charge in [-0.3, -0.25) is 14.3 Å². The van der Waals surface area contributed by atoms with Gasteiger partial charge in [-0.15, -0.1) is 0 Å². The summed E-state index contributed by atoms with van der Waals surface area (Å²) in [6, 6.07) is 15.3. The fourth-order valence-electron chi connectivity index (χ4n) is 3.28. The zero-order valence-electron chi connectivity index (χ0n) is 18.9. The molecule has 0 saturated carbocycles. The molecule has 3 rings (SSSR count). The van der Waals surface area contributed by atoms with Crippen LogP contribution in [0.4, 0.5) is 11.4 Å².